The Morgan fingerprint density at radius 3 is 2.64 bits per heavy atom. The average Bonchev–Trinajstić information content (AvgIpc) is 2.54. The van der Waals surface area contributed by atoms with Crippen LogP contribution in [-0.2, 0) is 11.2 Å². The van der Waals surface area contributed by atoms with Crippen LogP contribution in [0.4, 0.5) is 0 Å². The maximum absolute atomic E-state index is 10.1. The molecule has 0 amide bonds. The highest BCUT2D eigenvalue weighted by Crippen LogP contribution is 2.28. The largest absolute Gasteiger partial charge is 0.508 e. The summed E-state index contributed by atoms with van der Waals surface area (Å²) in [6, 6.07) is 13.0. The minimum Gasteiger partial charge on any atom is -0.508 e. The van der Waals surface area contributed by atoms with E-state index < -0.39 is 0 Å². The van der Waals surface area contributed by atoms with Gasteiger partial charge in [0.1, 0.15) is 23.9 Å². The number of hydrogen-bond donors (Lipinski definition) is 1. The summed E-state index contributed by atoms with van der Waals surface area (Å²) in [5.41, 5.74) is 1.79. The Morgan fingerprint density at radius 2 is 1.91 bits per heavy atom. The maximum Gasteiger partial charge on any atom is 0.188 e. The lowest BCUT2D eigenvalue weighted by Gasteiger charge is -2.12. The first kappa shape index (κ1) is 15.9. The van der Waals surface area contributed by atoms with E-state index in [1.54, 1.807) is 19.3 Å². The van der Waals surface area contributed by atoms with Gasteiger partial charge in [0.25, 0.3) is 0 Å². The molecule has 0 saturated carbocycles. The molecule has 22 heavy (non-hydrogen) atoms. The summed E-state index contributed by atoms with van der Waals surface area (Å²) < 4.78 is 15.9. The molecular formula is C18H20O4. The third-order valence-electron chi connectivity index (χ3n) is 3.11. The van der Waals surface area contributed by atoms with Crippen LogP contribution in [0.1, 0.15) is 11.1 Å². The van der Waals surface area contributed by atoms with E-state index in [0.717, 1.165) is 16.9 Å². The van der Waals surface area contributed by atoms with Crippen LogP contribution in [0.25, 0.3) is 0 Å². The molecule has 0 atom stereocenters. The van der Waals surface area contributed by atoms with Crippen molar-refractivity contribution in [2.24, 2.45) is 0 Å². The number of hydrogen-bond acceptors (Lipinski definition) is 4. The number of phenolic OH excluding ortho intramolecular Hbond substituents is 1. The van der Waals surface area contributed by atoms with Crippen molar-refractivity contribution in [1.82, 2.24) is 0 Å². The van der Waals surface area contributed by atoms with Crippen LogP contribution in [0.15, 0.2) is 55.1 Å². The molecule has 0 radical (unpaired) electrons. The van der Waals surface area contributed by atoms with Crippen LogP contribution in [0.5, 0.6) is 17.2 Å². The van der Waals surface area contributed by atoms with Crippen molar-refractivity contribution in [2.45, 2.75) is 6.42 Å². The number of rotatable bonds is 8. The second kappa shape index (κ2) is 8.10. The maximum atomic E-state index is 10.1. The zero-order chi connectivity index (χ0) is 15.8. The van der Waals surface area contributed by atoms with Gasteiger partial charge in [0.15, 0.2) is 6.79 Å². The van der Waals surface area contributed by atoms with Crippen molar-refractivity contribution < 1.29 is 19.3 Å². The molecular weight excluding hydrogens is 280 g/mol. The summed E-state index contributed by atoms with van der Waals surface area (Å²) in [5.74, 6) is 1.56. The highest BCUT2D eigenvalue weighted by atomic mass is 16.7. The van der Waals surface area contributed by atoms with E-state index in [4.69, 9.17) is 14.2 Å². The molecule has 1 N–H and O–H groups in total. The van der Waals surface area contributed by atoms with E-state index in [1.165, 1.54) is 0 Å². The van der Waals surface area contributed by atoms with Gasteiger partial charge in [-0.1, -0.05) is 36.9 Å². The van der Waals surface area contributed by atoms with Gasteiger partial charge in [0.2, 0.25) is 0 Å². The summed E-state index contributed by atoms with van der Waals surface area (Å²) in [4.78, 5) is 0. The summed E-state index contributed by atoms with van der Waals surface area (Å²) in [6.45, 7) is 4.20. The summed E-state index contributed by atoms with van der Waals surface area (Å²) >= 11 is 0. The van der Waals surface area contributed by atoms with Crippen molar-refractivity contribution >= 4 is 0 Å². The minimum absolute atomic E-state index is 0.192. The second-order valence-corrected chi connectivity index (χ2v) is 4.73. The van der Waals surface area contributed by atoms with E-state index in [0.29, 0.717) is 18.8 Å². The van der Waals surface area contributed by atoms with Crippen molar-refractivity contribution in [3.63, 3.8) is 0 Å². The highest BCUT2D eigenvalue weighted by molar-refractivity contribution is 5.45. The van der Waals surface area contributed by atoms with E-state index >= 15 is 0 Å². The predicted molar refractivity (Wildman–Crippen MR) is 85.6 cm³/mol. The lowest BCUT2D eigenvalue weighted by molar-refractivity contribution is 0.0505. The van der Waals surface area contributed by atoms with Gasteiger partial charge in [0, 0.05) is 19.6 Å². The van der Waals surface area contributed by atoms with Gasteiger partial charge in [-0.2, -0.15) is 0 Å². The molecule has 2 aromatic carbocycles. The second-order valence-electron chi connectivity index (χ2n) is 4.73. The van der Waals surface area contributed by atoms with E-state index in [2.05, 4.69) is 6.58 Å². The Labute approximate surface area is 130 Å². The topological polar surface area (TPSA) is 47.9 Å². The molecule has 116 valence electrons. The Morgan fingerprint density at radius 1 is 1.09 bits per heavy atom. The van der Waals surface area contributed by atoms with Gasteiger partial charge < -0.3 is 19.3 Å². The lowest BCUT2D eigenvalue weighted by atomic mass is 10.0. The Kier molecular flexibility index (Phi) is 5.86. The smallest absolute Gasteiger partial charge is 0.188 e. The van der Waals surface area contributed by atoms with E-state index in [1.807, 2.05) is 36.4 Å². The molecule has 0 bridgehead atoms. The summed E-state index contributed by atoms with van der Waals surface area (Å²) in [6.07, 6.45) is 2.22. The van der Waals surface area contributed by atoms with Crippen LogP contribution in [0.2, 0.25) is 0 Å². The number of ether oxygens (including phenoxy) is 3. The number of benzene rings is 2. The Bertz CT molecular complexity index is 622. The third kappa shape index (κ3) is 4.27. The number of methoxy groups -OCH3 is 1. The molecule has 2 aromatic rings. The van der Waals surface area contributed by atoms with Crippen LogP contribution >= 0.6 is 0 Å². The first-order valence-corrected chi connectivity index (χ1v) is 7.00. The molecule has 4 nitrogen and oxygen atoms in total. The summed E-state index contributed by atoms with van der Waals surface area (Å²) in [5, 5.41) is 10.1. The van der Waals surface area contributed by atoms with Gasteiger partial charge in [-0.3, -0.25) is 0 Å². The average molecular weight is 300 g/mol. The Balaban J connectivity index is 2.15. The van der Waals surface area contributed by atoms with Gasteiger partial charge in [-0.05, 0) is 23.3 Å². The fourth-order valence-electron chi connectivity index (χ4n) is 2.06. The minimum atomic E-state index is 0.192. The number of phenols is 1. The van der Waals surface area contributed by atoms with Crippen LogP contribution in [0, 0.1) is 0 Å². The van der Waals surface area contributed by atoms with Crippen molar-refractivity contribution in [3.05, 3.63) is 66.2 Å². The summed E-state index contributed by atoms with van der Waals surface area (Å²) in [7, 11) is 1.58. The molecule has 0 heterocycles. The number of para-hydroxylation sites is 1. The highest BCUT2D eigenvalue weighted by Gasteiger charge is 2.08. The van der Waals surface area contributed by atoms with Crippen molar-refractivity contribution in [3.8, 4) is 17.2 Å². The molecule has 0 aliphatic rings. The van der Waals surface area contributed by atoms with Crippen molar-refractivity contribution in [1.29, 1.82) is 0 Å². The monoisotopic (exact) mass is 300 g/mol. The fourth-order valence-corrected chi connectivity index (χ4v) is 2.06. The SMILES string of the molecule is C=CCOc1ccc(Cc2ccccc2OCOC)c(O)c1. The lowest BCUT2D eigenvalue weighted by Crippen LogP contribution is -2.02. The predicted octanol–water partition coefficient (Wildman–Crippen LogP) is 3.53. The zero-order valence-electron chi connectivity index (χ0n) is 12.6. The van der Waals surface area contributed by atoms with Crippen LogP contribution < -0.4 is 9.47 Å². The van der Waals surface area contributed by atoms with Gasteiger partial charge in [-0.15, -0.1) is 0 Å². The molecule has 0 fully saturated rings. The molecule has 4 heteroatoms. The normalized spacial score (nSPS) is 10.2. The molecule has 0 saturated heterocycles. The van der Waals surface area contributed by atoms with Gasteiger partial charge >= 0.3 is 0 Å². The Hall–Kier alpha value is -2.46. The first-order valence-electron chi connectivity index (χ1n) is 7.00. The quantitative estimate of drug-likeness (QED) is 0.598. The number of aromatic hydroxyl groups is 1. The molecule has 0 aliphatic carbocycles. The van der Waals surface area contributed by atoms with Crippen LogP contribution in [-0.4, -0.2) is 25.6 Å². The van der Waals surface area contributed by atoms with Gasteiger partial charge in [-0.25, -0.2) is 0 Å². The molecule has 0 aliphatic heterocycles. The van der Waals surface area contributed by atoms with E-state index in [-0.39, 0.29) is 12.5 Å². The molecule has 2 rings (SSSR count). The van der Waals surface area contributed by atoms with E-state index in [9.17, 15) is 5.11 Å². The first-order chi connectivity index (χ1) is 10.7. The van der Waals surface area contributed by atoms with Crippen LogP contribution in [0.3, 0.4) is 0 Å². The molecule has 0 spiro atoms. The third-order valence-corrected chi connectivity index (χ3v) is 3.11. The molecule has 0 unspecified atom stereocenters. The van der Waals surface area contributed by atoms with Crippen molar-refractivity contribution in [2.75, 3.05) is 20.5 Å². The zero-order valence-corrected chi connectivity index (χ0v) is 12.6. The fraction of sp³-hybridized carbons (Fsp3) is 0.222. The molecule has 0 aromatic heterocycles. The standard InChI is InChI=1S/C18H20O4/c1-3-10-21-16-9-8-14(17(19)12-16)11-15-6-4-5-7-18(15)22-13-20-2/h3-9,12,19H,1,10-11,13H2,2H3. The van der Waals surface area contributed by atoms with Gasteiger partial charge in [0.05, 0.1) is 0 Å².